The third-order valence-electron chi connectivity index (χ3n) is 4.03. The highest BCUT2D eigenvalue weighted by Gasteiger charge is 2.44. The lowest BCUT2D eigenvalue weighted by atomic mass is 10.0. The molecule has 0 spiro atoms. The highest BCUT2D eigenvalue weighted by atomic mass is 79.9. The number of benzene rings is 2. The van der Waals surface area contributed by atoms with Gasteiger partial charge in [-0.25, -0.2) is 0 Å². The standard InChI is InChI=1S/C18H15BrN2O2/c19-16-4-2-1-3-13(16)10-18(5-6-18)21-17(23)14-7-12(11-20)8-15(22)9-14/h1-4,7-9,22H,5-6,10H2,(H,21,23). The largest absolute Gasteiger partial charge is 0.508 e. The number of phenolic OH excluding ortho intramolecular Hbond substituents is 1. The molecule has 0 aliphatic heterocycles. The Labute approximate surface area is 142 Å². The molecule has 1 fully saturated rings. The Kier molecular flexibility index (Phi) is 4.10. The third kappa shape index (κ3) is 3.54. The average Bonchev–Trinajstić information content (AvgIpc) is 3.28. The highest BCUT2D eigenvalue weighted by molar-refractivity contribution is 9.10. The fourth-order valence-corrected chi connectivity index (χ4v) is 3.05. The van der Waals surface area contributed by atoms with Crippen LogP contribution in [0, 0.1) is 11.3 Å². The third-order valence-corrected chi connectivity index (χ3v) is 4.80. The van der Waals surface area contributed by atoms with Crippen molar-refractivity contribution in [1.82, 2.24) is 5.32 Å². The summed E-state index contributed by atoms with van der Waals surface area (Å²) in [4.78, 5) is 12.5. The van der Waals surface area contributed by atoms with Crippen LogP contribution >= 0.6 is 15.9 Å². The van der Waals surface area contributed by atoms with Gasteiger partial charge in [0.1, 0.15) is 5.75 Å². The number of halogens is 1. The molecule has 0 saturated heterocycles. The first-order valence-electron chi connectivity index (χ1n) is 7.31. The molecule has 116 valence electrons. The first-order chi connectivity index (χ1) is 11.0. The van der Waals surface area contributed by atoms with Crippen molar-refractivity contribution in [2.75, 3.05) is 0 Å². The summed E-state index contributed by atoms with van der Waals surface area (Å²) in [6.45, 7) is 0. The van der Waals surface area contributed by atoms with Gasteiger partial charge in [-0.3, -0.25) is 4.79 Å². The van der Waals surface area contributed by atoms with Crippen molar-refractivity contribution in [3.8, 4) is 11.8 Å². The van der Waals surface area contributed by atoms with E-state index in [1.165, 1.54) is 18.2 Å². The van der Waals surface area contributed by atoms with Gasteiger partial charge in [0.25, 0.3) is 5.91 Å². The van der Waals surface area contributed by atoms with Crippen molar-refractivity contribution < 1.29 is 9.90 Å². The van der Waals surface area contributed by atoms with Crippen LogP contribution < -0.4 is 5.32 Å². The Hall–Kier alpha value is -2.32. The Morgan fingerprint density at radius 2 is 2.04 bits per heavy atom. The fraction of sp³-hybridized carbons (Fsp3) is 0.222. The van der Waals surface area contributed by atoms with Crippen molar-refractivity contribution in [1.29, 1.82) is 5.26 Å². The van der Waals surface area contributed by atoms with E-state index in [1.54, 1.807) is 0 Å². The molecule has 0 atom stereocenters. The van der Waals surface area contributed by atoms with Gasteiger partial charge in [-0.1, -0.05) is 34.1 Å². The number of amides is 1. The maximum atomic E-state index is 12.5. The van der Waals surface area contributed by atoms with Gasteiger partial charge in [0.2, 0.25) is 0 Å². The van der Waals surface area contributed by atoms with Crippen LogP contribution in [0.4, 0.5) is 0 Å². The van der Waals surface area contributed by atoms with E-state index >= 15 is 0 Å². The number of rotatable bonds is 4. The summed E-state index contributed by atoms with van der Waals surface area (Å²) in [6.07, 6.45) is 2.60. The normalized spacial score (nSPS) is 14.8. The minimum atomic E-state index is -0.262. The van der Waals surface area contributed by atoms with E-state index < -0.39 is 0 Å². The molecule has 3 rings (SSSR count). The molecule has 1 aliphatic carbocycles. The van der Waals surface area contributed by atoms with Gasteiger partial charge >= 0.3 is 0 Å². The van der Waals surface area contributed by atoms with Gasteiger partial charge in [-0.05, 0) is 49.1 Å². The summed E-state index contributed by atoms with van der Waals surface area (Å²) in [7, 11) is 0. The first-order valence-corrected chi connectivity index (χ1v) is 8.11. The number of hydrogen-bond acceptors (Lipinski definition) is 3. The van der Waals surface area contributed by atoms with Gasteiger partial charge in [0.05, 0.1) is 11.6 Å². The monoisotopic (exact) mass is 370 g/mol. The molecule has 5 heteroatoms. The van der Waals surface area contributed by atoms with Crippen molar-refractivity contribution in [3.05, 3.63) is 63.6 Å². The van der Waals surface area contributed by atoms with E-state index in [4.69, 9.17) is 5.26 Å². The zero-order valence-corrected chi connectivity index (χ0v) is 13.9. The van der Waals surface area contributed by atoms with Crippen molar-refractivity contribution in [2.45, 2.75) is 24.8 Å². The molecule has 0 bridgehead atoms. The number of carbonyl (C=O) groups excluding carboxylic acids is 1. The Morgan fingerprint density at radius 3 is 2.70 bits per heavy atom. The molecule has 0 heterocycles. The zero-order valence-electron chi connectivity index (χ0n) is 12.3. The summed E-state index contributed by atoms with van der Waals surface area (Å²) in [5.74, 6) is -0.341. The van der Waals surface area contributed by atoms with Crippen LogP contribution in [0.5, 0.6) is 5.75 Å². The minimum Gasteiger partial charge on any atom is -0.508 e. The van der Waals surface area contributed by atoms with Crippen LogP contribution in [-0.4, -0.2) is 16.6 Å². The number of phenols is 1. The summed E-state index contributed by atoms with van der Waals surface area (Å²) >= 11 is 3.53. The SMILES string of the molecule is N#Cc1cc(O)cc(C(=O)NC2(Cc3ccccc3Br)CC2)c1. The second-order valence-electron chi connectivity index (χ2n) is 5.88. The Balaban J connectivity index is 1.76. The molecule has 0 radical (unpaired) electrons. The fourth-order valence-electron chi connectivity index (χ4n) is 2.62. The summed E-state index contributed by atoms with van der Waals surface area (Å²) < 4.78 is 1.03. The lowest BCUT2D eigenvalue weighted by molar-refractivity contribution is 0.0931. The van der Waals surface area contributed by atoms with Gasteiger partial charge in [-0.2, -0.15) is 5.26 Å². The lowest BCUT2D eigenvalue weighted by Gasteiger charge is -2.18. The number of nitrogens with one attached hydrogen (secondary N) is 1. The van der Waals surface area contributed by atoms with Crippen LogP contribution in [-0.2, 0) is 6.42 Å². The minimum absolute atomic E-state index is 0.0788. The number of nitrogens with zero attached hydrogens (tertiary/aromatic N) is 1. The molecule has 4 nitrogen and oxygen atoms in total. The average molecular weight is 371 g/mol. The molecule has 1 aliphatic rings. The number of carbonyl (C=O) groups is 1. The van der Waals surface area contributed by atoms with Crippen molar-refractivity contribution >= 4 is 21.8 Å². The molecule has 2 N–H and O–H groups in total. The molecule has 2 aromatic carbocycles. The second-order valence-corrected chi connectivity index (χ2v) is 6.74. The van der Waals surface area contributed by atoms with E-state index in [0.717, 1.165) is 29.3 Å². The van der Waals surface area contributed by atoms with Crippen molar-refractivity contribution in [3.63, 3.8) is 0 Å². The predicted octanol–water partition coefficient (Wildman–Crippen LogP) is 3.53. The summed E-state index contributed by atoms with van der Waals surface area (Å²) in [5.41, 5.74) is 1.49. The quantitative estimate of drug-likeness (QED) is 0.864. The van der Waals surface area contributed by atoms with Crippen LogP contribution in [0.1, 0.15) is 34.3 Å². The number of hydrogen-bond donors (Lipinski definition) is 2. The topological polar surface area (TPSA) is 73.1 Å². The molecule has 23 heavy (non-hydrogen) atoms. The predicted molar refractivity (Wildman–Crippen MR) is 90.1 cm³/mol. The van der Waals surface area contributed by atoms with Gasteiger partial charge < -0.3 is 10.4 Å². The van der Waals surface area contributed by atoms with Crippen LogP contribution in [0.2, 0.25) is 0 Å². The highest BCUT2D eigenvalue weighted by Crippen LogP contribution is 2.40. The maximum absolute atomic E-state index is 12.5. The Morgan fingerprint density at radius 1 is 1.30 bits per heavy atom. The molecule has 1 saturated carbocycles. The van der Waals surface area contributed by atoms with E-state index in [0.29, 0.717) is 5.56 Å². The second kappa shape index (κ2) is 6.05. The van der Waals surface area contributed by atoms with Crippen LogP contribution in [0.25, 0.3) is 0 Å². The van der Waals surface area contributed by atoms with E-state index in [-0.39, 0.29) is 22.8 Å². The molecule has 2 aromatic rings. The van der Waals surface area contributed by atoms with Crippen LogP contribution in [0.15, 0.2) is 46.9 Å². The number of aromatic hydroxyl groups is 1. The molecule has 1 amide bonds. The van der Waals surface area contributed by atoms with E-state index in [2.05, 4.69) is 21.2 Å². The van der Waals surface area contributed by atoms with Crippen molar-refractivity contribution in [2.24, 2.45) is 0 Å². The Bertz CT molecular complexity index is 807. The van der Waals surface area contributed by atoms with Gasteiger partial charge in [0, 0.05) is 15.6 Å². The first kappa shape index (κ1) is 15.6. The number of nitriles is 1. The summed E-state index contributed by atoms with van der Waals surface area (Å²) in [6, 6.07) is 14.1. The molecule has 0 unspecified atom stereocenters. The van der Waals surface area contributed by atoms with Crippen LogP contribution in [0.3, 0.4) is 0 Å². The van der Waals surface area contributed by atoms with Gasteiger partial charge in [-0.15, -0.1) is 0 Å². The molecular formula is C18H15BrN2O2. The zero-order chi connectivity index (χ0) is 16.4. The van der Waals surface area contributed by atoms with Gasteiger partial charge in [0.15, 0.2) is 0 Å². The molecular weight excluding hydrogens is 356 g/mol. The van der Waals surface area contributed by atoms with E-state index in [9.17, 15) is 9.90 Å². The van der Waals surface area contributed by atoms with E-state index in [1.807, 2.05) is 30.3 Å². The summed E-state index contributed by atoms with van der Waals surface area (Å²) in [5, 5.41) is 21.6. The smallest absolute Gasteiger partial charge is 0.251 e. The lowest BCUT2D eigenvalue weighted by Crippen LogP contribution is -2.38. The maximum Gasteiger partial charge on any atom is 0.251 e. The molecule has 0 aromatic heterocycles.